The first-order valence-electron chi connectivity index (χ1n) is 13.5. The van der Waals surface area contributed by atoms with Gasteiger partial charge < -0.3 is 19.4 Å². The van der Waals surface area contributed by atoms with Crippen molar-refractivity contribution in [3.63, 3.8) is 0 Å². The number of benzene rings is 2. The van der Waals surface area contributed by atoms with E-state index in [1.54, 1.807) is 49.7 Å². The molecule has 1 N–H and O–H groups in total. The summed E-state index contributed by atoms with van der Waals surface area (Å²) in [5.74, 6) is 0.488. The van der Waals surface area contributed by atoms with Crippen LogP contribution in [0.3, 0.4) is 0 Å². The number of halogens is 2. The van der Waals surface area contributed by atoms with Crippen molar-refractivity contribution in [1.82, 2.24) is 14.5 Å². The topological polar surface area (TPSA) is 98.6 Å². The van der Waals surface area contributed by atoms with Gasteiger partial charge in [-0.2, -0.15) is 0 Å². The van der Waals surface area contributed by atoms with E-state index in [0.717, 1.165) is 5.56 Å². The minimum Gasteiger partial charge on any atom is -0.496 e. The molecule has 42 heavy (non-hydrogen) atoms. The number of carbonyl (C=O) groups excluding carboxylic acids is 2. The van der Waals surface area contributed by atoms with Crippen molar-refractivity contribution < 1.29 is 19.1 Å². The maximum absolute atomic E-state index is 14.5. The smallest absolute Gasteiger partial charge is 0.280 e. The van der Waals surface area contributed by atoms with Gasteiger partial charge >= 0.3 is 0 Å². The van der Waals surface area contributed by atoms with Crippen LogP contribution in [0.2, 0.25) is 10.0 Å². The average molecular weight is 607 g/mol. The molecular weight excluding hydrogens is 577 g/mol. The Labute approximate surface area is 253 Å². The van der Waals surface area contributed by atoms with E-state index >= 15 is 0 Å². The van der Waals surface area contributed by atoms with Crippen molar-refractivity contribution in [3.05, 3.63) is 81.2 Å². The maximum atomic E-state index is 14.5. The zero-order chi connectivity index (χ0) is 30.1. The fourth-order valence-corrected chi connectivity index (χ4v) is 6.23. The standard InChI is InChI=1S/C31H29Cl2N5O4/c1-15(2)37-27-26(36-28(37)20-14-34-25(42-16(3)4)13-24(20)41-6)29(39)38(23-12-19(33)8-7-17(23)5)31(27)21-10-9-18(32)11-22(21)35-30(31)40/h7-16H,1-6H3,(H,35,40). The highest BCUT2D eigenvalue weighted by molar-refractivity contribution is 6.32. The highest BCUT2D eigenvalue weighted by Gasteiger charge is 2.64. The molecule has 1 atom stereocenters. The van der Waals surface area contributed by atoms with Crippen molar-refractivity contribution in [2.24, 2.45) is 0 Å². The van der Waals surface area contributed by atoms with E-state index in [1.165, 1.54) is 4.90 Å². The summed E-state index contributed by atoms with van der Waals surface area (Å²) in [4.78, 5) is 39.8. The highest BCUT2D eigenvalue weighted by atomic mass is 35.5. The quantitative estimate of drug-likeness (QED) is 0.260. The van der Waals surface area contributed by atoms with Crippen molar-refractivity contribution in [1.29, 1.82) is 0 Å². The Kier molecular flexibility index (Phi) is 6.70. The van der Waals surface area contributed by atoms with Gasteiger partial charge in [0.1, 0.15) is 11.6 Å². The van der Waals surface area contributed by atoms with Gasteiger partial charge in [-0.1, -0.05) is 35.3 Å². The maximum Gasteiger partial charge on any atom is 0.280 e. The van der Waals surface area contributed by atoms with Gasteiger partial charge in [0, 0.05) is 39.6 Å². The predicted molar refractivity (Wildman–Crippen MR) is 162 cm³/mol. The number of fused-ring (bicyclic) bond motifs is 4. The third kappa shape index (κ3) is 3.98. The number of imidazole rings is 1. The molecular formula is C31H29Cl2N5O4. The van der Waals surface area contributed by atoms with Crippen LogP contribution in [0.5, 0.6) is 11.6 Å². The molecule has 11 heteroatoms. The molecule has 216 valence electrons. The monoisotopic (exact) mass is 605 g/mol. The molecule has 1 unspecified atom stereocenters. The normalized spacial score (nSPS) is 17.3. The van der Waals surface area contributed by atoms with Crippen LogP contribution >= 0.6 is 23.2 Å². The zero-order valence-electron chi connectivity index (χ0n) is 24.0. The van der Waals surface area contributed by atoms with Crippen LogP contribution in [-0.4, -0.2) is 39.6 Å². The van der Waals surface area contributed by atoms with Crippen LogP contribution in [-0.2, 0) is 10.3 Å². The number of nitrogens with zero attached hydrogens (tertiary/aromatic N) is 4. The number of anilines is 2. The van der Waals surface area contributed by atoms with E-state index in [9.17, 15) is 9.59 Å². The summed E-state index contributed by atoms with van der Waals surface area (Å²) >= 11 is 12.8. The first-order chi connectivity index (χ1) is 20.0. The van der Waals surface area contributed by atoms with Gasteiger partial charge in [0.25, 0.3) is 11.8 Å². The average Bonchev–Trinajstić information content (AvgIpc) is 3.53. The Morgan fingerprint density at radius 3 is 2.40 bits per heavy atom. The van der Waals surface area contributed by atoms with E-state index in [4.69, 9.17) is 37.7 Å². The Balaban J connectivity index is 1.68. The van der Waals surface area contributed by atoms with Gasteiger partial charge in [0.2, 0.25) is 5.88 Å². The molecule has 0 aliphatic carbocycles. The molecule has 0 radical (unpaired) electrons. The number of rotatable bonds is 6. The van der Waals surface area contributed by atoms with E-state index in [0.29, 0.717) is 55.7 Å². The summed E-state index contributed by atoms with van der Waals surface area (Å²) in [5.41, 5.74) is 1.96. The molecule has 2 aliphatic heterocycles. The third-order valence-corrected chi connectivity index (χ3v) is 8.00. The Hall–Kier alpha value is -4.08. The van der Waals surface area contributed by atoms with Crippen LogP contribution in [0.25, 0.3) is 11.4 Å². The lowest BCUT2D eigenvalue weighted by atomic mass is 9.86. The second-order valence-corrected chi connectivity index (χ2v) is 11.8. The minimum absolute atomic E-state index is 0.0811. The lowest BCUT2D eigenvalue weighted by molar-refractivity contribution is -0.119. The summed E-state index contributed by atoms with van der Waals surface area (Å²) in [7, 11) is 1.55. The largest absolute Gasteiger partial charge is 0.496 e. The molecule has 0 bridgehead atoms. The van der Waals surface area contributed by atoms with Crippen LogP contribution in [0.15, 0.2) is 48.7 Å². The molecule has 2 aromatic heterocycles. The summed E-state index contributed by atoms with van der Waals surface area (Å²) in [5, 5.41) is 3.88. The number of amides is 2. The fourth-order valence-electron chi connectivity index (χ4n) is 5.89. The number of ether oxygens (including phenoxy) is 2. The van der Waals surface area contributed by atoms with Gasteiger partial charge in [-0.3, -0.25) is 14.5 Å². The number of pyridine rings is 1. The molecule has 0 saturated heterocycles. The van der Waals surface area contributed by atoms with Gasteiger partial charge in [-0.25, -0.2) is 9.97 Å². The molecule has 2 aromatic carbocycles. The summed E-state index contributed by atoms with van der Waals surface area (Å²) in [6, 6.07) is 11.9. The molecule has 0 saturated carbocycles. The molecule has 4 heterocycles. The van der Waals surface area contributed by atoms with Gasteiger partial charge in [-0.15, -0.1) is 0 Å². The van der Waals surface area contributed by atoms with Gasteiger partial charge in [0.15, 0.2) is 11.2 Å². The molecule has 6 rings (SSSR count). The number of methoxy groups -OCH3 is 1. The van der Waals surface area contributed by atoms with Crippen LogP contribution in [0, 0.1) is 6.92 Å². The van der Waals surface area contributed by atoms with Crippen LogP contribution in [0.1, 0.15) is 61.0 Å². The summed E-state index contributed by atoms with van der Waals surface area (Å²) in [6.45, 7) is 9.64. The summed E-state index contributed by atoms with van der Waals surface area (Å²) < 4.78 is 13.4. The molecule has 1 spiro atoms. The fraction of sp³-hybridized carbons (Fsp3) is 0.290. The first kappa shape index (κ1) is 28.1. The molecule has 2 aliphatic rings. The van der Waals surface area contributed by atoms with E-state index in [1.807, 2.05) is 45.3 Å². The number of aromatic nitrogens is 3. The van der Waals surface area contributed by atoms with E-state index < -0.39 is 17.4 Å². The first-order valence-corrected chi connectivity index (χ1v) is 14.3. The lowest BCUT2D eigenvalue weighted by Crippen LogP contribution is -2.51. The van der Waals surface area contributed by atoms with Crippen molar-refractivity contribution in [2.45, 2.75) is 52.3 Å². The van der Waals surface area contributed by atoms with Crippen molar-refractivity contribution in [3.8, 4) is 23.0 Å². The second kappa shape index (κ2) is 10.0. The Morgan fingerprint density at radius 1 is 1.00 bits per heavy atom. The van der Waals surface area contributed by atoms with E-state index in [2.05, 4.69) is 10.3 Å². The number of hydrogen-bond acceptors (Lipinski definition) is 6. The predicted octanol–water partition coefficient (Wildman–Crippen LogP) is 6.79. The number of carbonyl (C=O) groups is 2. The second-order valence-electron chi connectivity index (χ2n) is 10.9. The minimum atomic E-state index is -1.58. The molecule has 0 fully saturated rings. The van der Waals surface area contributed by atoms with Crippen molar-refractivity contribution in [2.75, 3.05) is 17.3 Å². The van der Waals surface area contributed by atoms with Gasteiger partial charge in [0.05, 0.1) is 30.2 Å². The number of nitrogens with one attached hydrogen (secondary N) is 1. The highest BCUT2D eigenvalue weighted by Crippen LogP contribution is 2.55. The lowest BCUT2D eigenvalue weighted by Gasteiger charge is -2.36. The van der Waals surface area contributed by atoms with Gasteiger partial charge in [-0.05, 0) is 64.4 Å². The number of aryl methyl sites for hydroxylation is 1. The zero-order valence-corrected chi connectivity index (χ0v) is 25.5. The summed E-state index contributed by atoms with van der Waals surface area (Å²) in [6.07, 6.45) is 1.54. The van der Waals surface area contributed by atoms with Crippen LogP contribution in [0.4, 0.5) is 11.4 Å². The SMILES string of the molecule is COc1cc(OC(C)C)ncc1-c1nc2c(n1C(C)C)C1(C(=O)Nc3cc(Cl)ccc31)N(c1cc(Cl)ccc1C)C2=O. The Morgan fingerprint density at radius 2 is 1.71 bits per heavy atom. The molecule has 2 amide bonds. The third-order valence-electron chi connectivity index (χ3n) is 7.53. The molecule has 4 aromatic rings. The van der Waals surface area contributed by atoms with Crippen molar-refractivity contribution >= 4 is 46.4 Å². The molecule has 9 nitrogen and oxygen atoms in total. The van der Waals surface area contributed by atoms with Crippen LogP contribution < -0.4 is 19.7 Å². The Bertz CT molecular complexity index is 1780. The van der Waals surface area contributed by atoms with E-state index in [-0.39, 0.29) is 17.8 Å². The number of hydrogen-bond donors (Lipinski definition) is 1.